The van der Waals surface area contributed by atoms with Crippen LogP contribution in [0.5, 0.6) is 0 Å². The molecule has 1 heterocycles. The third-order valence-electron chi connectivity index (χ3n) is 2.35. The largest absolute Gasteiger partial charge is 0.387 e. The number of hydrogen-bond acceptors (Lipinski definition) is 4. The van der Waals surface area contributed by atoms with Crippen LogP contribution in [0.1, 0.15) is 22.2 Å². The fraction of sp³-hybridized carbons (Fsp3) is 0.583. The van der Waals surface area contributed by atoms with Gasteiger partial charge in [0.1, 0.15) is 0 Å². The first-order valence-corrected chi connectivity index (χ1v) is 6.39. The molecule has 0 aliphatic carbocycles. The summed E-state index contributed by atoms with van der Waals surface area (Å²) in [5, 5.41) is 14.7. The van der Waals surface area contributed by atoms with Crippen molar-refractivity contribution in [3.05, 3.63) is 21.9 Å². The van der Waals surface area contributed by atoms with Gasteiger partial charge >= 0.3 is 0 Å². The molecule has 0 spiro atoms. The average molecular weight is 256 g/mol. The molecule has 2 N–H and O–H groups in total. The molecule has 0 aliphatic rings. The van der Waals surface area contributed by atoms with Gasteiger partial charge in [-0.05, 0) is 45.0 Å². The van der Waals surface area contributed by atoms with E-state index in [1.165, 1.54) is 11.3 Å². The highest BCUT2D eigenvalue weighted by atomic mass is 32.1. The predicted octanol–water partition coefficient (Wildman–Crippen LogP) is 1.10. The smallest absolute Gasteiger partial charge is 0.261 e. The van der Waals surface area contributed by atoms with Crippen LogP contribution < -0.4 is 5.32 Å². The Morgan fingerprint density at radius 3 is 2.71 bits per heavy atom. The molecule has 0 saturated carbocycles. The fourth-order valence-electron chi connectivity index (χ4n) is 1.69. The van der Waals surface area contributed by atoms with E-state index in [9.17, 15) is 9.90 Å². The van der Waals surface area contributed by atoms with Crippen molar-refractivity contribution in [3.63, 3.8) is 0 Å². The standard InChI is InChI=1S/C12H20N2O2S/c1-9-5-6-17-10(9)11(15)13-7-12(2,16)8-14(3)4/h5-6,16H,7-8H2,1-4H3,(H,13,15). The highest BCUT2D eigenvalue weighted by molar-refractivity contribution is 7.12. The summed E-state index contributed by atoms with van der Waals surface area (Å²) < 4.78 is 0. The van der Waals surface area contributed by atoms with E-state index < -0.39 is 5.60 Å². The van der Waals surface area contributed by atoms with Crippen LogP contribution in [-0.2, 0) is 0 Å². The maximum Gasteiger partial charge on any atom is 0.261 e. The molecule has 1 atom stereocenters. The Morgan fingerprint density at radius 1 is 1.59 bits per heavy atom. The van der Waals surface area contributed by atoms with Crippen molar-refractivity contribution in [1.29, 1.82) is 0 Å². The van der Waals surface area contributed by atoms with E-state index in [0.717, 1.165) is 5.56 Å². The highest BCUT2D eigenvalue weighted by Crippen LogP contribution is 2.15. The Bertz CT molecular complexity index is 386. The monoisotopic (exact) mass is 256 g/mol. The van der Waals surface area contributed by atoms with Gasteiger partial charge in [0, 0.05) is 13.1 Å². The Morgan fingerprint density at radius 2 is 2.24 bits per heavy atom. The minimum atomic E-state index is -0.912. The molecule has 0 radical (unpaired) electrons. The van der Waals surface area contributed by atoms with Crippen molar-refractivity contribution in [2.45, 2.75) is 19.4 Å². The number of rotatable bonds is 5. The zero-order chi connectivity index (χ0) is 13.1. The molecule has 0 saturated heterocycles. The van der Waals surface area contributed by atoms with Gasteiger partial charge in [-0.3, -0.25) is 4.79 Å². The number of likely N-dealkylation sites (N-methyl/N-ethyl adjacent to an activating group) is 1. The van der Waals surface area contributed by atoms with Gasteiger partial charge in [-0.2, -0.15) is 0 Å². The molecular weight excluding hydrogens is 236 g/mol. The Hall–Kier alpha value is -0.910. The lowest BCUT2D eigenvalue weighted by molar-refractivity contribution is 0.0326. The van der Waals surface area contributed by atoms with Crippen LogP contribution in [-0.4, -0.2) is 48.7 Å². The van der Waals surface area contributed by atoms with Gasteiger partial charge in [0.25, 0.3) is 5.91 Å². The van der Waals surface area contributed by atoms with Gasteiger partial charge < -0.3 is 15.3 Å². The SMILES string of the molecule is Cc1ccsc1C(=O)NCC(C)(O)CN(C)C. The van der Waals surface area contributed by atoms with Crippen molar-refractivity contribution in [2.24, 2.45) is 0 Å². The Balaban J connectivity index is 2.51. The molecule has 1 rings (SSSR count). The lowest BCUT2D eigenvalue weighted by Gasteiger charge is -2.27. The lowest BCUT2D eigenvalue weighted by atomic mass is 10.1. The molecule has 1 aromatic rings. The van der Waals surface area contributed by atoms with Crippen molar-refractivity contribution in [1.82, 2.24) is 10.2 Å². The van der Waals surface area contributed by atoms with Crippen LogP contribution in [0.2, 0.25) is 0 Å². The summed E-state index contributed by atoms with van der Waals surface area (Å²) in [5.41, 5.74) is 0.0596. The molecule has 17 heavy (non-hydrogen) atoms. The van der Waals surface area contributed by atoms with Crippen LogP contribution in [0.3, 0.4) is 0 Å². The maximum absolute atomic E-state index is 11.8. The van der Waals surface area contributed by atoms with Gasteiger partial charge in [-0.15, -0.1) is 11.3 Å². The number of carbonyl (C=O) groups excluding carboxylic acids is 1. The first kappa shape index (κ1) is 14.2. The van der Waals surface area contributed by atoms with E-state index in [1.807, 2.05) is 37.4 Å². The van der Waals surface area contributed by atoms with Crippen molar-refractivity contribution < 1.29 is 9.90 Å². The van der Waals surface area contributed by atoms with Crippen LogP contribution in [0, 0.1) is 6.92 Å². The van der Waals surface area contributed by atoms with Crippen LogP contribution >= 0.6 is 11.3 Å². The normalized spacial score (nSPS) is 14.7. The van der Waals surface area contributed by atoms with Crippen molar-refractivity contribution in [3.8, 4) is 0 Å². The fourth-order valence-corrected chi connectivity index (χ4v) is 2.53. The topological polar surface area (TPSA) is 52.6 Å². The van der Waals surface area contributed by atoms with Gasteiger partial charge in [0.15, 0.2) is 0 Å². The predicted molar refractivity (Wildman–Crippen MR) is 70.6 cm³/mol. The van der Waals surface area contributed by atoms with Crippen LogP contribution in [0.15, 0.2) is 11.4 Å². The number of aryl methyl sites for hydroxylation is 1. The second-order valence-electron chi connectivity index (χ2n) is 4.85. The van der Waals surface area contributed by atoms with E-state index in [4.69, 9.17) is 0 Å². The van der Waals surface area contributed by atoms with Crippen molar-refractivity contribution in [2.75, 3.05) is 27.2 Å². The molecule has 0 bridgehead atoms. The number of amides is 1. The van der Waals surface area contributed by atoms with Crippen molar-refractivity contribution >= 4 is 17.2 Å². The summed E-state index contributed by atoms with van der Waals surface area (Å²) in [4.78, 5) is 14.4. The van der Waals surface area contributed by atoms with Crippen LogP contribution in [0.25, 0.3) is 0 Å². The number of hydrogen-bond donors (Lipinski definition) is 2. The minimum absolute atomic E-state index is 0.114. The van der Waals surface area contributed by atoms with Gasteiger partial charge in [0.05, 0.1) is 10.5 Å². The second-order valence-corrected chi connectivity index (χ2v) is 5.77. The molecule has 1 amide bonds. The second kappa shape index (κ2) is 5.62. The van der Waals surface area contributed by atoms with E-state index in [2.05, 4.69) is 5.32 Å². The third kappa shape index (κ3) is 4.46. The summed E-state index contributed by atoms with van der Waals surface area (Å²) in [5.74, 6) is -0.114. The van der Waals surface area contributed by atoms with E-state index in [0.29, 0.717) is 11.4 Å². The summed E-state index contributed by atoms with van der Waals surface area (Å²) in [6.45, 7) is 4.38. The molecule has 1 aromatic heterocycles. The van der Waals surface area contributed by atoms with Gasteiger partial charge in [-0.1, -0.05) is 0 Å². The minimum Gasteiger partial charge on any atom is -0.387 e. The van der Waals surface area contributed by atoms with Gasteiger partial charge in [0.2, 0.25) is 0 Å². The van der Waals surface area contributed by atoms with Crippen LogP contribution in [0.4, 0.5) is 0 Å². The zero-order valence-corrected chi connectivity index (χ0v) is 11.6. The van der Waals surface area contributed by atoms with E-state index in [1.54, 1.807) is 6.92 Å². The number of nitrogens with zero attached hydrogens (tertiary/aromatic N) is 1. The number of aliphatic hydroxyl groups is 1. The highest BCUT2D eigenvalue weighted by Gasteiger charge is 2.22. The quantitative estimate of drug-likeness (QED) is 0.829. The summed E-state index contributed by atoms with van der Waals surface area (Å²) in [6, 6.07) is 1.91. The molecule has 0 fully saturated rings. The molecule has 1 unspecified atom stereocenters. The first-order chi connectivity index (χ1) is 7.82. The number of nitrogens with one attached hydrogen (secondary N) is 1. The molecular formula is C12H20N2O2S. The molecule has 96 valence electrons. The maximum atomic E-state index is 11.8. The third-order valence-corrected chi connectivity index (χ3v) is 3.37. The van der Waals surface area contributed by atoms with E-state index >= 15 is 0 Å². The van der Waals surface area contributed by atoms with E-state index in [-0.39, 0.29) is 12.5 Å². The zero-order valence-electron chi connectivity index (χ0n) is 10.8. The summed E-state index contributed by atoms with van der Waals surface area (Å²) in [6.07, 6.45) is 0. The molecule has 0 aliphatic heterocycles. The van der Waals surface area contributed by atoms with Gasteiger partial charge in [-0.25, -0.2) is 0 Å². The summed E-state index contributed by atoms with van der Waals surface area (Å²) >= 11 is 1.42. The average Bonchev–Trinajstić information content (AvgIpc) is 2.59. The number of carbonyl (C=O) groups is 1. The molecule has 0 aromatic carbocycles. The number of thiophene rings is 1. The Kier molecular flexibility index (Phi) is 4.68. The molecule has 4 nitrogen and oxygen atoms in total. The summed E-state index contributed by atoms with van der Waals surface area (Å²) in [7, 11) is 3.78. The lowest BCUT2D eigenvalue weighted by Crippen LogP contribution is -2.47. The Labute approximate surface area is 106 Å². The first-order valence-electron chi connectivity index (χ1n) is 5.51. The molecule has 5 heteroatoms.